The highest BCUT2D eigenvalue weighted by molar-refractivity contribution is 7.98. The first-order valence-corrected chi connectivity index (χ1v) is 10.5. The molecule has 3 aromatic rings. The number of anilines is 1. The third-order valence-corrected chi connectivity index (χ3v) is 5.21. The number of hydrogen-bond acceptors (Lipinski definition) is 8. The number of benzene rings is 1. The molecule has 11 heteroatoms. The van der Waals surface area contributed by atoms with Gasteiger partial charge in [-0.3, -0.25) is 9.88 Å². The molecule has 1 aromatic carbocycles. The van der Waals surface area contributed by atoms with E-state index >= 15 is 0 Å². The van der Waals surface area contributed by atoms with E-state index in [4.69, 9.17) is 9.47 Å². The van der Waals surface area contributed by atoms with E-state index < -0.39 is 17.7 Å². The normalized spacial score (nSPS) is 12.8. The maximum atomic E-state index is 14.8. The molecule has 0 radical (unpaired) electrons. The van der Waals surface area contributed by atoms with Gasteiger partial charge in [-0.05, 0) is 18.2 Å². The second-order valence-electron chi connectivity index (χ2n) is 6.71. The van der Waals surface area contributed by atoms with Crippen LogP contribution in [0.3, 0.4) is 0 Å². The van der Waals surface area contributed by atoms with Crippen LogP contribution in [0.5, 0.6) is 17.4 Å². The molecule has 2 N–H and O–H groups in total. The molecule has 4 rings (SSSR count). The lowest BCUT2D eigenvalue weighted by Crippen LogP contribution is -2.37. The summed E-state index contributed by atoms with van der Waals surface area (Å²) in [4.78, 5) is 21.9. The van der Waals surface area contributed by atoms with Crippen molar-refractivity contribution in [3.05, 3.63) is 71.7 Å². The number of amides is 1. The van der Waals surface area contributed by atoms with Crippen molar-refractivity contribution in [3.63, 3.8) is 0 Å². The predicted molar refractivity (Wildman–Crippen MR) is 115 cm³/mol. The van der Waals surface area contributed by atoms with Gasteiger partial charge in [0.2, 0.25) is 0 Å². The van der Waals surface area contributed by atoms with E-state index in [-0.39, 0.29) is 30.5 Å². The van der Waals surface area contributed by atoms with E-state index in [0.29, 0.717) is 23.5 Å². The number of nitrogens with zero attached hydrogens (tertiary/aromatic N) is 3. The van der Waals surface area contributed by atoms with E-state index in [9.17, 15) is 13.6 Å². The van der Waals surface area contributed by atoms with Crippen molar-refractivity contribution in [2.75, 3.05) is 11.3 Å². The summed E-state index contributed by atoms with van der Waals surface area (Å²) >= 11 is 1.17. The van der Waals surface area contributed by atoms with Crippen LogP contribution in [0.1, 0.15) is 18.2 Å². The highest BCUT2D eigenvalue weighted by atomic mass is 32.2. The van der Waals surface area contributed by atoms with Crippen LogP contribution in [-0.4, -0.2) is 27.5 Å². The topological polar surface area (TPSA) is 88.6 Å². The molecular weight excluding hydrogens is 440 g/mol. The molecule has 0 bridgehead atoms. The molecule has 0 fully saturated rings. The smallest absolute Gasteiger partial charge is 0.415 e. The summed E-state index contributed by atoms with van der Waals surface area (Å²) in [6.45, 7) is 2.77. The van der Waals surface area contributed by atoms with Crippen LogP contribution in [0, 0.1) is 11.6 Å². The van der Waals surface area contributed by atoms with Crippen LogP contribution >= 0.6 is 12.1 Å². The number of fused-ring (bicyclic) bond motifs is 1. The Morgan fingerprint density at radius 2 is 2.12 bits per heavy atom. The highest BCUT2D eigenvalue weighted by Crippen LogP contribution is 2.31. The molecule has 32 heavy (non-hydrogen) atoms. The molecule has 0 unspecified atom stereocenters. The molecule has 0 atom stereocenters. The van der Waals surface area contributed by atoms with Gasteiger partial charge >= 0.3 is 6.09 Å². The zero-order valence-corrected chi connectivity index (χ0v) is 17.8. The summed E-state index contributed by atoms with van der Waals surface area (Å²) in [5.74, 6) is -0.931. The Labute approximate surface area is 187 Å². The second-order valence-corrected chi connectivity index (χ2v) is 7.41. The molecule has 1 aliphatic heterocycles. The molecule has 1 amide bonds. The van der Waals surface area contributed by atoms with Crippen LogP contribution in [0.4, 0.5) is 19.3 Å². The molecule has 0 saturated heterocycles. The maximum absolute atomic E-state index is 14.8. The highest BCUT2D eigenvalue weighted by Gasteiger charge is 2.28. The number of rotatable bonds is 8. The predicted octanol–water partition coefficient (Wildman–Crippen LogP) is 4.65. The summed E-state index contributed by atoms with van der Waals surface area (Å²) in [6.07, 6.45) is 2.12. The first kappa shape index (κ1) is 21.8. The molecule has 0 spiro atoms. The third-order valence-electron chi connectivity index (χ3n) is 4.46. The maximum Gasteiger partial charge on any atom is 0.415 e. The minimum absolute atomic E-state index is 0.00454. The number of aromatic nitrogens is 2. The van der Waals surface area contributed by atoms with E-state index in [1.807, 2.05) is 6.92 Å². The first-order chi connectivity index (χ1) is 15.5. The fraction of sp³-hybridized carbons (Fsp3) is 0.190. The van der Waals surface area contributed by atoms with Gasteiger partial charge in [-0.25, -0.2) is 23.3 Å². The summed E-state index contributed by atoms with van der Waals surface area (Å²) in [7, 11) is 0. The molecule has 0 aliphatic carbocycles. The van der Waals surface area contributed by atoms with Gasteiger partial charge in [0, 0.05) is 36.5 Å². The zero-order valence-electron chi connectivity index (χ0n) is 17.0. The first-order valence-electron chi connectivity index (χ1n) is 9.71. The Morgan fingerprint density at radius 1 is 1.25 bits per heavy atom. The largest absolute Gasteiger partial charge is 0.435 e. The van der Waals surface area contributed by atoms with Crippen molar-refractivity contribution in [3.8, 4) is 17.4 Å². The minimum Gasteiger partial charge on any atom is -0.435 e. The van der Waals surface area contributed by atoms with Crippen LogP contribution in [-0.2, 0) is 13.1 Å². The zero-order chi connectivity index (χ0) is 22.5. The summed E-state index contributed by atoms with van der Waals surface area (Å²) < 4.78 is 45.2. The monoisotopic (exact) mass is 459 g/mol. The lowest BCUT2D eigenvalue weighted by molar-refractivity contribution is 0.133. The van der Waals surface area contributed by atoms with Gasteiger partial charge in [0.25, 0.3) is 5.88 Å². The van der Waals surface area contributed by atoms with Crippen molar-refractivity contribution in [2.45, 2.75) is 20.0 Å². The molecule has 8 nitrogen and oxygen atoms in total. The number of halogens is 2. The van der Waals surface area contributed by atoms with Crippen molar-refractivity contribution in [1.29, 1.82) is 0 Å². The standard InChI is InChI=1S/C21H19F2N5O3S/c1-2-26-32-27-16-7-3-5-13(19(16)23)11-28-12-17-18(31-21(28)29)9-14(10-25-17)30-20-15(22)6-4-8-24-20/h3-10,26-27H,2,11-12H2,1H3. The Kier molecular flexibility index (Phi) is 6.66. The Balaban J connectivity index is 1.47. The molecule has 2 aromatic heterocycles. The van der Waals surface area contributed by atoms with Crippen molar-refractivity contribution >= 4 is 23.9 Å². The van der Waals surface area contributed by atoms with Crippen molar-refractivity contribution in [1.82, 2.24) is 19.6 Å². The van der Waals surface area contributed by atoms with E-state index in [2.05, 4.69) is 19.4 Å². The van der Waals surface area contributed by atoms with Crippen molar-refractivity contribution in [2.24, 2.45) is 0 Å². The van der Waals surface area contributed by atoms with E-state index in [1.54, 1.807) is 18.2 Å². The molecule has 166 valence electrons. The second kappa shape index (κ2) is 9.79. The summed E-state index contributed by atoms with van der Waals surface area (Å²) in [6, 6.07) is 9.02. The van der Waals surface area contributed by atoms with Gasteiger partial charge in [-0.1, -0.05) is 19.1 Å². The SMILES string of the molecule is CCNSNc1cccc(CN2Cc3ncc(Oc4ncccc4F)cc3OC2=O)c1F. The van der Waals surface area contributed by atoms with Gasteiger partial charge in [-0.15, -0.1) is 0 Å². The Hall–Kier alpha value is -3.44. The minimum atomic E-state index is -0.653. The van der Waals surface area contributed by atoms with Crippen LogP contribution in [0.15, 0.2) is 48.8 Å². The van der Waals surface area contributed by atoms with Gasteiger partial charge in [0.1, 0.15) is 5.69 Å². The third kappa shape index (κ3) is 4.89. The number of carbonyl (C=O) groups is 1. The fourth-order valence-corrected chi connectivity index (χ4v) is 3.43. The summed E-state index contributed by atoms with van der Waals surface area (Å²) in [5, 5.41) is 0. The van der Waals surface area contributed by atoms with E-state index in [1.165, 1.54) is 47.6 Å². The van der Waals surface area contributed by atoms with Gasteiger partial charge in [0.05, 0.1) is 25.0 Å². The Bertz CT molecular complexity index is 1130. The van der Waals surface area contributed by atoms with Gasteiger partial charge < -0.3 is 14.2 Å². The quantitative estimate of drug-likeness (QED) is 0.372. The van der Waals surface area contributed by atoms with Crippen LogP contribution in [0.2, 0.25) is 0 Å². The Morgan fingerprint density at radius 3 is 2.94 bits per heavy atom. The molecule has 1 aliphatic rings. The van der Waals surface area contributed by atoms with Crippen LogP contribution in [0.25, 0.3) is 0 Å². The lowest BCUT2D eigenvalue weighted by atomic mass is 10.1. The molecule has 0 saturated carbocycles. The number of hydrogen-bond donors (Lipinski definition) is 2. The fourth-order valence-electron chi connectivity index (χ4n) is 2.95. The van der Waals surface area contributed by atoms with Crippen LogP contribution < -0.4 is 18.9 Å². The number of carbonyl (C=O) groups excluding carboxylic acids is 1. The molecular formula is C21H19F2N5O3S. The van der Waals surface area contributed by atoms with Crippen molar-refractivity contribution < 1.29 is 23.0 Å². The average molecular weight is 459 g/mol. The number of pyridine rings is 2. The average Bonchev–Trinajstić information content (AvgIpc) is 2.78. The number of nitrogens with one attached hydrogen (secondary N) is 2. The van der Waals surface area contributed by atoms with Gasteiger partial charge in [-0.2, -0.15) is 0 Å². The lowest BCUT2D eigenvalue weighted by Gasteiger charge is -2.27. The summed E-state index contributed by atoms with van der Waals surface area (Å²) in [5.41, 5.74) is 1.11. The van der Waals surface area contributed by atoms with E-state index in [0.717, 1.165) is 0 Å². The van der Waals surface area contributed by atoms with Gasteiger partial charge in [0.15, 0.2) is 23.1 Å². The number of ether oxygens (including phenoxy) is 2. The molecule has 3 heterocycles.